The Balaban J connectivity index is 1.54. The minimum absolute atomic E-state index is 0.220. The molecule has 1 saturated carbocycles. The summed E-state index contributed by atoms with van der Waals surface area (Å²) < 4.78 is 29.2. The molecule has 0 bridgehead atoms. The molecule has 0 radical (unpaired) electrons. The zero-order valence-corrected chi connectivity index (χ0v) is 13.6. The summed E-state index contributed by atoms with van der Waals surface area (Å²) in [4.78, 5) is 16.7. The van der Waals surface area contributed by atoms with E-state index in [9.17, 15) is 13.6 Å². The minimum atomic E-state index is -2.66. The third-order valence-corrected chi connectivity index (χ3v) is 4.38. The van der Waals surface area contributed by atoms with Gasteiger partial charge in [0.15, 0.2) is 0 Å². The van der Waals surface area contributed by atoms with Gasteiger partial charge in [-0.3, -0.25) is 14.8 Å². The second-order valence-electron chi connectivity index (χ2n) is 6.26. The smallest absolute Gasteiger partial charge is 0.280 e. The molecule has 130 valence electrons. The number of imidazole rings is 1. The van der Waals surface area contributed by atoms with E-state index in [1.54, 1.807) is 11.6 Å². The largest absolute Gasteiger partial charge is 0.313 e. The normalized spacial score (nSPS) is 14.4. The van der Waals surface area contributed by atoms with Crippen LogP contribution in [0, 0.1) is 0 Å². The number of benzene rings is 1. The highest BCUT2D eigenvalue weighted by Crippen LogP contribution is 2.40. The van der Waals surface area contributed by atoms with E-state index >= 15 is 0 Å². The van der Waals surface area contributed by atoms with E-state index in [0.29, 0.717) is 11.6 Å². The number of amides is 1. The van der Waals surface area contributed by atoms with E-state index in [0.717, 1.165) is 28.6 Å². The Kier molecular flexibility index (Phi) is 3.74. The summed E-state index contributed by atoms with van der Waals surface area (Å²) in [5, 5.41) is 6.86. The number of rotatable bonds is 5. The Morgan fingerprint density at radius 1 is 1.36 bits per heavy atom. The summed E-state index contributed by atoms with van der Waals surface area (Å²) in [6.45, 7) is -0.268. The number of nitrogens with zero attached hydrogens (tertiary/aromatic N) is 4. The summed E-state index contributed by atoms with van der Waals surface area (Å²) in [6, 6.07) is 8.88. The molecule has 1 aliphatic rings. The summed E-state index contributed by atoms with van der Waals surface area (Å²) in [6.07, 6.45) is -0.735. The molecule has 2 aromatic heterocycles. The topological polar surface area (TPSA) is 64.7 Å². The van der Waals surface area contributed by atoms with Gasteiger partial charge in [0.2, 0.25) is 11.9 Å². The van der Waals surface area contributed by atoms with Crippen LogP contribution in [0.2, 0.25) is 0 Å². The number of carbonyl (C=O) groups excluding carboxylic acids is 1. The molecule has 8 heteroatoms. The first-order chi connectivity index (χ1) is 12.0. The number of alkyl halides is 2. The second kappa shape index (κ2) is 5.94. The molecule has 0 unspecified atom stereocenters. The molecule has 2 heterocycles. The van der Waals surface area contributed by atoms with Crippen LogP contribution in [0.15, 0.2) is 30.3 Å². The molecule has 0 atom stereocenters. The van der Waals surface area contributed by atoms with Gasteiger partial charge in [0.1, 0.15) is 12.2 Å². The lowest BCUT2D eigenvalue weighted by molar-refractivity contribution is -0.117. The second-order valence-corrected chi connectivity index (χ2v) is 6.26. The number of halogens is 2. The molecule has 1 aliphatic carbocycles. The van der Waals surface area contributed by atoms with Crippen LogP contribution in [0.5, 0.6) is 0 Å². The van der Waals surface area contributed by atoms with Gasteiger partial charge in [0, 0.05) is 13.0 Å². The van der Waals surface area contributed by atoms with Gasteiger partial charge in [0.05, 0.1) is 16.7 Å². The van der Waals surface area contributed by atoms with E-state index in [2.05, 4.69) is 15.4 Å². The Hall–Kier alpha value is -2.77. The van der Waals surface area contributed by atoms with Crippen LogP contribution >= 0.6 is 0 Å². The maximum Gasteiger partial charge on any atom is 0.280 e. The van der Waals surface area contributed by atoms with Crippen molar-refractivity contribution in [2.24, 2.45) is 7.05 Å². The number of aryl methyl sites for hydroxylation is 1. The third kappa shape index (κ3) is 2.99. The number of carbonyl (C=O) groups is 1. The summed E-state index contributed by atoms with van der Waals surface area (Å²) in [7, 11) is 1.79. The lowest BCUT2D eigenvalue weighted by Crippen LogP contribution is -2.22. The number of nitrogens with one attached hydrogen (secondary N) is 1. The molecular formula is C17H17F2N5O. The molecule has 1 amide bonds. The Bertz CT molecular complexity index is 942. The van der Waals surface area contributed by atoms with Crippen molar-refractivity contribution in [3.05, 3.63) is 41.7 Å². The fourth-order valence-electron chi connectivity index (χ4n) is 2.89. The molecule has 4 rings (SSSR count). The molecule has 1 aromatic carbocycles. The van der Waals surface area contributed by atoms with Gasteiger partial charge in [-0.15, -0.1) is 0 Å². The van der Waals surface area contributed by atoms with Crippen LogP contribution in [-0.2, 0) is 18.4 Å². The zero-order chi connectivity index (χ0) is 17.6. The number of hydrogen-bond donors (Lipinski definition) is 1. The van der Waals surface area contributed by atoms with Crippen molar-refractivity contribution < 1.29 is 13.6 Å². The first-order valence-electron chi connectivity index (χ1n) is 8.10. The quantitative estimate of drug-likeness (QED) is 0.772. The van der Waals surface area contributed by atoms with E-state index in [1.165, 1.54) is 6.07 Å². The summed E-state index contributed by atoms with van der Waals surface area (Å²) in [5.41, 5.74) is 2.05. The number of anilines is 1. The molecule has 6 nitrogen and oxygen atoms in total. The van der Waals surface area contributed by atoms with Gasteiger partial charge in [-0.1, -0.05) is 12.1 Å². The van der Waals surface area contributed by atoms with Crippen LogP contribution < -0.4 is 5.32 Å². The molecule has 25 heavy (non-hydrogen) atoms. The third-order valence-electron chi connectivity index (χ3n) is 4.38. The van der Waals surface area contributed by atoms with E-state index < -0.39 is 12.3 Å². The standard InChI is InChI=1S/C17H17F2N5O/c1-23-13-5-3-2-4-11(13)20-17(23)21-15(25)9-24-14(16(18)19)8-12(22-24)10-6-7-10/h2-5,8,10,16H,6-7,9H2,1H3,(H,20,21,25). The summed E-state index contributed by atoms with van der Waals surface area (Å²) in [5.74, 6) is 0.187. The molecule has 1 fully saturated rings. The molecule has 3 aromatic rings. The SMILES string of the molecule is Cn1c(NC(=O)Cn2nc(C3CC3)cc2C(F)F)nc2ccccc21. The zero-order valence-electron chi connectivity index (χ0n) is 13.6. The number of aromatic nitrogens is 4. The summed E-state index contributed by atoms with van der Waals surface area (Å²) >= 11 is 0. The Morgan fingerprint density at radius 2 is 2.12 bits per heavy atom. The van der Waals surface area contributed by atoms with Crippen molar-refractivity contribution in [2.45, 2.75) is 31.7 Å². The van der Waals surface area contributed by atoms with Crippen molar-refractivity contribution in [3.63, 3.8) is 0 Å². The average Bonchev–Trinajstić information content (AvgIpc) is 3.27. The first-order valence-corrected chi connectivity index (χ1v) is 8.10. The maximum absolute atomic E-state index is 13.2. The van der Waals surface area contributed by atoms with Crippen molar-refractivity contribution in [1.82, 2.24) is 19.3 Å². The van der Waals surface area contributed by atoms with Gasteiger partial charge in [-0.25, -0.2) is 13.8 Å². The molecule has 0 saturated heterocycles. The van der Waals surface area contributed by atoms with Crippen LogP contribution in [0.25, 0.3) is 11.0 Å². The van der Waals surface area contributed by atoms with Gasteiger partial charge >= 0.3 is 0 Å². The highest BCUT2D eigenvalue weighted by molar-refractivity contribution is 5.91. The van der Waals surface area contributed by atoms with E-state index in [4.69, 9.17) is 0 Å². The van der Waals surface area contributed by atoms with Gasteiger partial charge in [-0.2, -0.15) is 5.10 Å². The van der Waals surface area contributed by atoms with Crippen molar-refractivity contribution in [2.75, 3.05) is 5.32 Å². The van der Waals surface area contributed by atoms with Gasteiger partial charge in [-0.05, 0) is 31.0 Å². The monoisotopic (exact) mass is 345 g/mol. The average molecular weight is 345 g/mol. The molecular weight excluding hydrogens is 328 g/mol. The Labute approximate surface area is 142 Å². The maximum atomic E-state index is 13.2. The lowest BCUT2D eigenvalue weighted by Gasteiger charge is -2.08. The van der Waals surface area contributed by atoms with Crippen molar-refractivity contribution >= 4 is 22.9 Å². The minimum Gasteiger partial charge on any atom is -0.313 e. The van der Waals surface area contributed by atoms with Gasteiger partial charge < -0.3 is 4.57 Å². The fraction of sp³-hybridized carbons (Fsp3) is 0.353. The molecule has 1 N–H and O–H groups in total. The number of para-hydroxylation sites is 2. The van der Waals surface area contributed by atoms with Crippen LogP contribution in [-0.4, -0.2) is 25.2 Å². The van der Waals surface area contributed by atoms with Crippen LogP contribution in [0.3, 0.4) is 0 Å². The lowest BCUT2D eigenvalue weighted by atomic mass is 10.3. The van der Waals surface area contributed by atoms with Crippen LogP contribution in [0.4, 0.5) is 14.7 Å². The van der Waals surface area contributed by atoms with Crippen molar-refractivity contribution in [1.29, 1.82) is 0 Å². The predicted octanol–water partition coefficient (Wildman–Crippen LogP) is 3.22. The van der Waals surface area contributed by atoms with E-state index in [1.807, 2.05) is 24.3 Å². The highest BCUT2D eigenvalue weighted by Gasteiger charge is 2.29. The van der Waals surface area contributed by atoms with E-state index in [-0.39, 0.29) is 18.2 Å². The number of fused-ring (bicyclic) bond motifs is 1. The fourth-order valence-corrected chi connectivity index (χ4v) is 2.89. The number of hydrogen-bond acceptors (Lipinski definition) is 3. The highest BCUT2D eigenvalue weighted by atomic mass is 19.3. The first kappa shape index (κ1) is 15.7. The van der Waals surface area contributed by atoms with Crippen molar-refractivity contribution in [3.8, 4) is 0 Å². The Morgan fingerprint density at radius 3 is 2.80 bits per heavy atom. The molecule has 0 aliphatic heterocycles. The molecule has 0 spiro atoms. The van der Waals surface area contributed by atoms with Gasteiger partial charge in [0.25, 0.3) is 6.43 Å². The van der Waals surface area contributed by atoms with Crippen LogP contribution in [0.1, 0.15) is 36.6 Å². The predicted molar refractivity (Wildman–Crippen MR) is 88.5 cm³/mol.